The summed E-state index contributed by atoms with van der Waals surface area (Å²) >= 11 is 0. The maximum Gasteiger partial charge on any atom is 0.417 e. The Morgan fingerprint density at radius 3 is 2.47 bits per heavy atom. The topological polar surface area (TPSA) is 49.9 Å². The minimum atomic E-state index is -4.60. The number of carbonyl (C=O) groups excluding carboxylic acids is 2. The number of H-pyrrole nitrogens is 1. The van der Waals surface area contributed by atoms with Crippen LogP contribution < -0.4 is 0 Å². The molecule has 2 rings (SSSR count). The number of aldehydes is 1. The highest BCUT2D eigenvalue weighted by molar-refractivity contribution is 6.10. The SMILES string of the molecule is O=Cc1cc(C(=O)c2ccccc2C(F)(F)F)c[nH]1. The van der Waals surface area contributed by atoms with Gasteiger partial charge in [-0.15, -0.1) is 0 Å². The van der Waals surface area contributed by atoms with Crippen LogP contribution in [0.3, 0.4) is 0 Å². The molecule has 0 radical (unpaired) electrons. The molecule has 0 atom stereocenters. The van der Waals surface area contributed by atoms with Crippen LogP contribution in [0.4, 0.5) is 13.2 Å². The minimum Gasteiger partial charge on any atom is -0.358 e. The number of benzene rings is 1. The van der Waals surface area contributed by atoms with Gasteiger partial charge in [0.25, 0.3) is 0 Å². The fraction of sp³-hybridized carbons (Fsp3) is 0.0769. The average molecular weight is 267 g/mol. The number of nitrogens with one attached hydrogen (secondary N) is 1. The van der Waals surface area contributed by atoms with E-state index in [9.17, 15) is 22.8 Å². The van der Waals surface area contributed by atoms with Gasteiger partial charge in [0.05, 0.1) is 11.3 Å². The first-order chi connectivity index (χ1) is 8.93. The van der Waals surface area contributed by atoms with Crippen molar-refractivity contribution in [1.29, 1.82) is 0 Å². The minimum absolute atomic E-state index is 0.0128. The van der Waals surface area contributed by atoms with Crippen LogP contribution in [0.1, 0.15) is 32.0 Å². The molecule has 0 aliphatic carbocycles. The normalized spacial score (nSPS) is 11.3. The number of halogens is 3. The summed E-state index contributed by atoms with van der Waals surface area (Å²) in [7, 11) is 0. The van der Waals surface area contributed by atoms with Gasteiger partial charge in [-0.3, -0.25) is 9.59 Å². The smallest absolute Gasteiger partial charge is 0.358 e. The van der Waals surface area contributed by atoms with Crippen LogP contribution in [-0.4, -0.2) is 17.1 Å². The van der Waals surface area contributed by atoms with E-state index in [1.807, 2.05) is 0 Å². The van der Waals surface area contributed by atoms with Crippen molar-refractivity contribution in [2.75, 3.05) is 0 Å². The van der Waals surface area contributed by atoms with Gasteiger partial charge < -0.3 is 4.98 Å². The van der Waals surface area contributed by atoms with Crippen LogP contribution in [-0.2, 0) is 6.18 Å². The molecule has 0 bridgehead atoms. The van der Waals surface area contributed by atoms with Crippen molar-refractivity contribution in [3.8, 4) is 0 Å². The zero-order valence-corrected chi connectivity index (χ0v) is 9.49. The van der Waals surface area contributed by atoms with Crippen LogP contribution >= 0.6 is 0 Å². The first kappa shape index (κ1) is 13.1. The molecule has 0 unspecified atom stereocenters. The Kier molecular flexibility index (Phi) is 3.25. The van der Waals surface area contributed by atoms with Crippen LogP contribution in [0, 0.1) is 0 Å². The summed E-state index contributed by atoms with van der Waals surface area (Å²) in [6.45, 7) is 0. The van der Waals surface area contributed by atoms with E-state index in [0.717, 1.165) is 12.1 Å². The molecule has 0 fully saturated rings. The van der Waals surface area contributed by atoms with Crippen molar-refractivity contribution in [3.63, 3.8) is 0 Å². The molecular formula is C13H8F3NO2. The van der Waals surface area contributed by atoms with Crippen LogP contribution in [0.2, 0.25) is 0 Å². The molecular weight excluding hydrogens is 259 g/mol. The summed E-state index contributed by atoms with van der Waals surface area (Å²) < 4.78 is 38.3. The van der Waals surface area contributed by atoms with Gasteiger partial charge in [-0.1, -0.05) is 18.2 Å². The molecule has 2 aromatic rings. The predicted octanol–water partition coefficient (Wildman–Crippen LogP) is 3.08. The van der Waals surface area contributed by atoms with Crippen LogP contribution in [0.5, 0.6) is 0 Å². The zero-order chi connectivity index (χ0) is 14.0. The second-order valence-electron chi connectivity index (χ2n) is 3.83. The summed E-state index contributed by atoms with van der Waals surface area (Å²) in [6, 6.07) is 5.74. The van der Waals surface area contributed by atoms with E-state index in [2.05, 4.69) is 4.98 Å². The first-order valence-corrected chi connectivity index (χ1v) is 5.28. The monoisotopic (exact) mass is 267 g/mol. The Bertz CT molecular complexity index is 629. The van der Waals surface area contributed by atoms with Crippen molar-refractivity contribution in [2.24, 2.45) is 0 Å². The van der Waals surface area contributed by atoms with Crippen molar-refractivity contribution >= 4 is 12.1 Å². The lowest BCUT2D eigenvalue weighted by Crippen LogP contribution is -2.13. The van der Waals surface area contributed by atoms with Crippen molar-refractivity contribution < 1.29 is 22.8 Å². The highest BCUT2D eigenvalue weighted by atomic mass is 19.4. The van der Waals surface area contributed by atoms with Crippen molar-refractivity contribution in [2.45, 2.75) is 6.18 Å². The van der Waals surface area contributed by atoms with Crippen LogP contribution in [0.25, 0.3) is 0 Å². The fourth-order valence-corrected chi connectivity index (χ4v) is 1.69. The summed E-state index contributed by atoms with van der Waals surface area (Å²) in [5.41, 5.74) is -1.29. The second-order valence-corrected chi connectivity index (χ2v) is 3.83. The molecule has 0 aliphatic heterocycles. The molecule has 1 heterocycles. The maximum atomic E-state index is 12.8. The lowest BCUT2D eigenvalue weighted by atomic mass is 9.99. The van der Waals surface area contributed by atoms with Gasteiger partial charge in [0.1, 0.15) is 0 Å². The number of rotatable bonds is 3. The summed E-state index contributed by atoms with van der Waals surface area (Å²) in [5.74, 6) is -0.780. The van der Waals surface area contributed by atoms with Gasteiger partial charge in [0, 0.05) is 17.3 Å². The Balaban J connectivity index is 2.47. The van der Waals surface area contributed by atoms with Gasteiger partial charge in [-0.2, -0.15) is 13.2 Å². The molecule has 0 saturated heterocycles. The lowest BCUT2D eigenvalue weighted by molar-refractivity contribution is -0.137. The van der Waals surface area contributed by atoms with Gasteiger partial charge in [0.2, 0.25) is 0 Å². The number of hydrogen-bond acceptors (Lipinski definition) is 2. The highest BCUT2D eigenvalue weighted by Gasteiger charge is 2.35. The van der Waals surface area contributed by atoms with Crippen molar-refractivity contribution in [3.05, 3.63) is 58.9 Å². The molecule has 0 spiro atoms. The van der Waals surface area contributed by atoms with E-state index < -0.39 is 23.1 Å². The predicted molar refractivity (Wildman–Crippen MR) is 61.1 cm³/mol. The van der Waals surface area contributed by atoms with Gasteiger partial charge in [-0.05, 0) is 12.1 Å². The summed E-state index contributed by atoms with van der Waals surface area (Å²) in [6.07, 6.45) is -2.91. The fourth-order valence-electron chi connectivity index (χ4n) is 1.69. The third-order valence-electron chi connectivity index (χ3n) is 2.57. The molecule has 1 aromatic heterocycles. The number of hydrogen-bond donors (Lipinski definition) is 1. The van der Waals surface area contributed by atoms with Crippen molar-refractivity contribution in [1.82, 2.24) is 4.98 Å². The lowest BCUT2D eigenvalue weighted by Gasteiger charge is -2.10. The third kappa shape index (κ3) is 2.57. The molecule has 3 nitrogen and oxygen atoms in total. The van der Waals surface area contributed by atoms with Gasteiger partial charge in [0.15, 0.2) is 12.1 Å². The largest absolute Gasteiger partial charge is 0.417 e. The molecule has 0 aliphatic rings. The molecule has 0 saturated carbocycles. The average Bonchev–Trinajstić information content (AvgIpc) is 2.85. The number of carbonyl (C=O) groups is 2. The number of aromatic nitrogens is 1. The van der Waals surface area contributed by atoms with E-state index >= 15 is 0 Å². The molecule has 98 valence electrons. The van der Waals surface area contributed by atoms with E-state index in [4.69, 9.17) is 0 Å². The van der Waals surface area contributed by atoms with E-state index in [0.29, 0.717) is 6.29 Å². The summed E-state index contributed by atoms with van der Waals surface area (Å²) in [5, 5.41) is 0. The first-order valence-electron chi connectivity index (χ1n) is 5.28. The van der Waals surface area contributed by atoms with Crippen LogP contribution in [0.15, 0.2) is 36.5 Å². The van der Waals surface area contributed by atoms with E-state index in [-0.39, 0.29) is 11.3 Å². The van der Waals surface area contributed by atoms with Gasteiger partial charge in [-0.25, -0.2) is 0 Å². The number of aromatic amines is 1. The molecule has 0 amide bonds. The Morgan fingerprint density at radius 1 is 1.21 bits per heavy atom. The molecule has 19 heavy (non-hydrogen) atoms. The van der Waals surface area contributed by atoms with Gasteiger partial charge >= 0.3 is 6.18 Å². The van der Waals surface area contributed by atoms with E-state index in [1.165, 1.54) is 24.4 Å². The maximum absolute atomic E-state index is 12.8. The molecule has 6 heteroatoms. The second kappa shape index (κ2) is 4.72. The Labute approximate surface area is 106 Å². The Morgan fingerprint density at radius 2 is 1.89 bits per heavy atom. The standard InChI is InChI=1S/C13H8F3NO2/c14-13(15,16)11-4-2-1-3-10(11)12(19)8-5-9(7-18)17-6-8/h1-7,17H. The van der Waals surface area contributed by atoms with E-state index in [1.54, 1.807) is 0 Å². The number of alkyl halides is 3. The summed E-state index contributed by atoms with van der Waals surface area (Å²) in [4.78, 5) is 25.0. The third-order valence-corrected chi connectivity index (χ3v) is 2.57. The number of ketones is 1. The highest BCUT2D eigenvalue weighted by Crippen LogP contribution is 2.32. The zero-order valence-electron chi connectivity index (χ0n) is 9.49. The Hall–Kier alpha value is -2.37. The quantitative estimate of drug-likeness (QED) is 0.686. The molecule has 1 N–H and O–H groups in total. The molecule has 1 aromatic carbocycles.